The Morgan fingerprint density at radius 3 is 2.41 bits per heavy atom. The molecule has 7 heteroatoms. The van der Waals surface area contributed by atoms with E-state index in [9.17, 15) is 14.4 Å². The molecule has 1 saturated heterocycles. The van der Waals surface area contributed by atoms with E-state index in [0.29, 0.717) is 24.3 Å². The van der Waals surface area contributed by atoms with E-state index in [1.807, 2.05) is 72.3 Å². The molecule has 0 unspecified atom stereocenters. The van der Waals surface area contributed by atoms with Gasteiger partial charge in [0.1, 0.15) is 5.69 Å². The molecule has 7 nitrogen and oxygen atoms in total. The highest BCUT2D eigenvalue weighted by molar-refractivity contribution is 6.06. The van der Waals surface area contributed by atoms with Crippen LogP contribution in [0.25, 0.3) is 0 Å². The number of aromatic nitrogens is 2. The third-order valence-corrected chi connectivity index (χ3v) is 8.05. The molecule has 192 valence electrons. The van der Waals surface area contributed by atoms with Crippen molar-refractivity contribution in [1.82, 2.24) is 19.6 Å². The molecule has 0 radical (unpaired) electrons. The molecule has 0 spiro atoms. The van der Waals surface area contributed by atoms with Gasteiger partial charge in [-0.1, -0.05) is 54.6 Å². The van der Waals surface area contributed by atoms with Crippen LogP contribution in [0.15, 0.2) is 60.7 Å². The summed E-state index contributed by atoms with van der Waals surface area (Å²) >= 11 is 0. The molecular weight excluding hydrogens is 464 g/mol. The molecule has 2 atom stereocenters. The zero-order valence-corrected chi connectivity index (χ0v) is 21.8. The minimum absolute atomic E-state index is 0.00357. The Hall–Kier alpha value is -3.74. The number of ketones is 1. The lowest BCUT2D eigenvalue weighted by Gasteiger charge is -2.40. The van der Waals surface area contributed by atoms with E-state index in [2.05, 4.69) is 17.2 Å². The molecule has 3 aromatic rings. The first kappa shape index (κ1) is 24.9. The summed E-state index contributed by atoms with van der Waals surface area (Å²) in [5, 5.41) is 4.36. The SMILES string of the molecule is Cc1cc(C(=O)N(C)[C@H](Cc2ccccc2)C2CCN(C(=O)[C@H]3CC(=O)c4ccccc43)CC2)n(C)n1. The molecule has 0 saturated carbocycles. The maximum Gasteiger partial charge on any atom is 0.272 e. The van der Waals surface area contributed by atoms with E-state index in [1.165, 1.54) is 5.56 Å². The maximum atomic E-state index is 13.5. The standard InChI is InChI=1S/C30H34N4O3/c1-20-17-27(33(3)31-20)30(37)32(2)26(18-21-9-5-4-6-10-21)22-13-15-34(16-14-22)29(36)25-19-28(35)24-12-8-7-11-23(24)25/h4-12,17,22,25-26H,13-16,18-19H2,1-3H3/t25-,26+/m0/s1. The number of fused-ring (bicyclic) bond motifs is 1. The molecule has 1 aliphatic carbocycles. The quantitative estimate of drug-likeness (QED) is 0.515. The number of benzene rings is 2. The third-order valence-electron chi connectivity index (χ3n) is 8.05. The van der Waals surface area contributed by atoms with Gasteiger partial charge in [-0.3, -0.25) is 19.1 Å². The third kappa shape index (κ3) is 4.95. The smallest absolute Gasteiger partial charge is 0.272 e. The molecule has 2 aliphatic rings. The summed E-state index contributed by atoms with van der Waals surface area (Å²) < 4.78 is 1.65. The maximum absolute atomic E-state index is 13.5. The Balaban J connectivity index is 1.31. The second kappa shape index (κ2) is 10.3. The highest BCUT2D eigenvalue weighted by atomic mass is 16.2. The fraction of sp³-hybridized carbons (Fsp3) is 0.400. The van der Waals surface area contributed by atoms with Crippen molar-refractivity contribution in [3.63, 3.8) is 0 Å². The van der Waals surface area contributed by atoms with Gasteiger partial charge in [0.25, 0.3) is 5.91 Å². The first-order chi connectivity index (χ1) is 17.8. The molecule has 1 aromatic heterocycles. The van der Waals surface area contributed by atoms with Crippen LogP contribution in [0, 0.1) is 12.8 Å². The lowest BCUT2D eigenvalue weighted by atomic mass is 9.84. The summed E-state index contributed by atoms with van der Waals surface area (Å²) in [6.07, 6.45) is 2.64. The molecule has 0 N–H and O–H groups in total. The van der Waals surface area contributed by atoms with Crippen LogP contribution < -0.4 is 0 Å². The number of hydrogen-bond donors (Lipinski definition) is 0. The van der Waals surface area contributed by atoms with E-state index in [0.717, 1.165) is 30.5 Å². The minimum Gasteiger partial charge on any atom is -0.342 e. The Kier molecular flexibility index (Phi) is 6.96. The number of carbonyl (C=O) groups is 3. The number of carbonyl (C=O) groups excluding carboxylic acids is 3. The zero-order valence-electron chi connectivity index (χ0n) is 21.8. The second-order valence-electron chi connectivity index (χ2n) is 10.4. The van der Waals surface area contributed by atoms with Gasteiger partial charge in [-0.25, -0.2) is 0 Å². The number of amides is 2. The van der Waals surface area contributed by atoms with Gasteiger partial charge in [0.2, 0.25) is 5.91 Å². The van der Waals surface area contributed by atoms with Crippen molar-refractivity contribution in [1.29, 1.82) is 0 Å². The molecule has 0 bridgehead atoms. The number of nitrogens with zero attached hydrogens (tertiary/aromatic N) is 4. The average molecular weight is 499 g/mol. The highest BCUT2D eigenvalue weighted by Crippen LogP contribution is 2.36. The summed E-state index contributed by atoms with van der Waals surface area (Å²) in [7, 11) is 3.69. The van der Waals surface area contributed by atoms with Gasteiger partial charge in [-0.05, 0) is 49.3 Å². The van der Waals surface area contributed by atoms with Crippen molar-refractivity contribution in [2.45, 2.75) is 44.6 Å². The summed E-state index contributed by atoms with van der Waals surface area (Å²) in [5.41, 5.74) is 4.13. The van der Waals surface area contributed by atoms with Gasteiger partial charge in [-0.15, -0.1) is 0 Å². The fourth-order valence-corrected chi connectivity index (χ4v) is 6.02. The molecule has 1 aliphatic heterocycles. The number of likely N-dealkylation sites (tertiary alicyclic amines) is 1. The van der Waals surface area contributed by atoms with Gasteiger partial charge >= 0.3 is 0 Å². The van der Waals surface area contributed by atoms with Gasteiger partial charge in [0.05, 0.1) is 11.6 Å². The van der Waals surface area contributed by atoms with Crippen LogP contribution in [0.2, 0.25) is 0 Å². The first-order valence-corrected chi connectivity index (χ1v) is 13.1. The van der Waals surface area contributed by atoms with Crippen molar-refractivity contribution in [2.24, 2.45) is 13.0 Å². The van der Waals surface area contributed by atoms with Crippen molar-refractivity contribution >= 4 is 17.6 Å². The number of Topliss-reactive ketones (excluding diaryl/α,β-unsaturated/α-hetero) is 1. The van der Waals surface area contributed by atoms with Crippen molar-refractivity contribution in [2.75, 3.05) is 20.1 Å². The van der Waals surface area contributed by atoms with Gasteiger partial charge in [0.15, 0.2) is 5.78 Å². The monoisotopic (exact) mass is 498 g/mol. The number of likely N-dealkylation sites (N-methyl/N-ethyl adjacent to an activating group) is 1. The van der Waals surface area contributed by atoms with Crippen LogP contribution in [0.1, 0.15) is 62.8 Å². The van der Waals surface area contributed by atoms with E-state index >= 15 is 0 Å². The number of hydrogen-bond acceptors (Lipinski definition) is 4. The molecule has 2 amide bonds. The predicted octanol–water partition coefficient (Wildman–Crippen LogP) is 4.02. The van der Waals surface area contributed by atoms with E-state index in [1.54, 1.807) is 11.7 Å². The minimum atomic E-state index is -0.377. The van der Waals surface area contributed by atoms with Crippen LogP contribution in [0.5, 0.6) is 0 Å². The van der Waals surface area contributed by atoms with Crippen LogP contribution in [-0.2, 0) is 18.3 Å². The lowest BCUT2D eigenvalue weighted by Crippen LogP contribution is -2.49. The summed E-state index contributed by atoms with van der Waals surface area (Å²) in [6.45, 7) is 3.16. The topological polar surface area (TPSA) is 75.5 Å². The molecular formula is C30H34N4O3. The molecule has 2 heterocycles. The Labute approximate surface area is 218 Å². The number of rotatable bonds is 6. The van der Waals surface area contributed by atoms with Crippen LogP contribution in [0.3, 0.4) is 0 Å². The Morgan fingerprint density at radius 2 is 1.73 bits per heavy atom. The second-order valence-corrected chi connectivity index (χ2v) is 10.4. The van der Waals surface area contributed by atoms with Gasteiger partial charge in [-0.2, -0.15) is 5.10 Å². The van der Waals surface area contributed by atoms with Crippen molar-refractivity contribution < 1.29 is 14.4 Å². The Bertz CT molecular complexity index is 1310. The van der Waals surface area contributed by atoms with Crippen LogP contribution >= 0.6 is 0 Å². The normalized spacial score (nSPS) is 18.5. The molecule has 5 rings (SSSR count). The number of aryl methyl sites for hydroxylation is 2. The number of piperidine rings is 1. The van der Waals surface area contributed by atoms with Crippen LogP contribution in [0.4, 0.5) is 0 Å². The van der Waals surface area contributed by atoms with E-state index < -0.39 is 0 Å². The highest BCUT2D eigenvalue weighted by Gasteiger charge is 2.39. The van der Waals surface area contributed by atoms with Crippen LogP contribution in [-0.4, -0.2) is 63.4 Å². The first-order valence-electron chi connectivity index (χ1n) is 13.1. The van der Waals surface area contributed by atoms with Crippen molar-refractivity contribution in [3.8, 4) is 0 Å². The van der Waals surface area contributed by atoms with Gasteiger partial charge in [0, 0.05) is 45.2 Å². The lowest BCUT2D eigenvalue weighted by molar-refractivity contribution is -0.134. The Morgan fingerprint density at radius 1 is 1.05 bits per heavy atom. The fourth-order valence-electron chi connectivity index (χ4n) is 6.02. The summed E-state index contributed by atoms with van der Waals surface area (Å²) in [5.74, 6) is -0.0604. The van der Waals surface area contributed by atoms with Crippen molar-refractivity contribution in [3.05, 3.63) is 88.7 Å². The predicted molar refractivity (Wildman–Crippen MR) is 141 cm³/mol. The zero-order chi connectivity index (χ0) is 26.1. The summed E-state index contributed by atoms with van der Waals surface area (Å²) in [6, 6.07) is 19.6. The molecule has 1 fully saturated rings. The average Bonchev–Trinajstić information content (AvgIpc) is 3.44. The molecule has 37 heavy (non-hydrogen) atoms. The van der Waals surface area contributed by atoms with E-state index in [4.69, 9.17) is 0 Å². The van der Waals surface area contributed by atoms with Gasteiger partial charge < -0.3 is 9.80 Å². The summed E-state index contributed by atoms with van der Waals surface area (Å²) in [4.78, 5) is 43.2. The molecule has 2 aromatic carbocycles. The largest absolute Gasteiger partial charge is 0.342 e. The van der Waals surface area contributed by atoms with E-state index in [-0.39, 0.29) is 41.9 Å².